The van der Waals surface area contributed by atoms with E-state index in [2.05, 4.69) is 6.92 Å². The van der Waals surface area contributed by atoms with Crippen LogP contribution in [0.5, 0.6) is 0 Å². The van der Waals surface area contributed by atoms with Crippen molar-refractivity contribution in [3.05, 3.63) is 0 Å². The molecule has 0 rings (SSSR count). The lowest BCUT2D eigenvalue weighted by Crippen LogP contribution is -2.37. The Labute approximate surface area is 119 Å². The molecule has 0 radical (unpaired) electrons. The monoisotopic (exact) mass is 274 g/mol. The molecule has 0 bridgehead atoms. The van der Waals surface area contributed by atoms with E-state index in [9.17, 15) is 10.2 Å². The minimum atomic E-state index is -0.429. The third kappa shape index (κ3) is 8.61. The predicted octanol–water partition coefficient (Wildman–Crippen LogP) is 3.12. The van der Waals surface area contributed by atoms with Gasteiger partial charge in [-0.05, 0) is 18.8 Å². The smallest absolute Gasteiger partial charge is 0.0638 e. The van der Waals surface area contributed by atoms with Gasteiger partial charge in [0.25, 0.3) is 0 Å². The highest BCUT2D eigenvalue weighted by molar-refractivity contribution is 4.80. The molecule has 2 unspecified atom stereocenters. The van der Waals surface area contributed by atoms with Gasteiger partial charge in [0.05, 0.1) is 12.7 Å². The quantitative estimate of drug-likeness (QED) is 0.479. The molecule has 0 heterocycles. The maximum absolute atomic E-state index is 10.2. The van der Waals surface area contributed by atoms with Gasteiger partial charge in [-0.15, -0.1) is 0 Å². The van der Waals surface area contributed by atoms with Crippen LogP contribution >= 0.6 is 0 Å². The van der Waals surface area contributed by atoms with E-state index in [0.29, 0.717) is 6.61 Å². The lowest BCUT2D eigenvalue weighted by atomic mass is 9.79. The van der Waals surface area contributed by atoms with Crippen molar-refractivity contribution in [2.75, 3.05) is 13.2 Å². The van der Waals surface area contributed by atoms with Crippen LogP contribution in [0.2, 0.25) is 0 Å². The molecule has 2 atom stereocenters. The van der Waals surface area contributed by atoms with Crippen LogP contribution in [-0.2, 0) is 0 Å². The van der Waals surface area contributed by atoms with E-state index in [-0.39, 0.29) is 12.5 Å². The summed E-state index contributed by atoms with van der Waals surface area (Å²) < 4.78 is 0. The van der Waals surface area contributed by atoms with Gasteiger partial charge in [0.15, 0.2) is 0 Å². The first kappa shape index (κ1) is 18.9. The van der Waals surface area contributed by atoms with Gasteiger partial charge in [0.2, 0.25) is 0 Å². The van der Waals surface area contributed by atoms with E-state index in [1.165, 1.54) is 25.7 Å². The van der Waals surface area contributed by atoms with Crippen LogP contribution in [0.25, 0.3) is 0 Å². The molecule has 0 aliphatic carbocycles. The van der Waals surface area contributed by atoms with E-state index in [1.54, 1.807) is 0 Å². The maximum Gasteiger partial charge on any atom is 0.0638 e. The average molecular weight is 274 g/mol. The molecular formula is C16H34O3. The fourth-order valence-corrected chi connectivity index (χ4v) is 2.48. The molecule has 0 aromatic rings. The van der Waals surface area contributed by atoms with Crippen molar-refractivity contribution in [3.8, 4) is 0 Å². The Hall–Kier alpha value is -0.120. The van der Waals surface area contributed by atoms with E-state index in [1.807, 2.05) is 13.8 Å². The first-order chi connectivity index (χ1) is 8.95. The zero-order valence-corrected chi connectivity index (χ0v) is 13.1. The normalized spacial score (nSPS) is 15.5. The zero-order chi connectivity index (χ0) is 14.7. The van der Waals surface area contributed by atoms with Crippen molar-refractivity contribution < 1.29 is 15.3 Å². The summed E-state index contributed by atoms with van der Waals surface area (Å²) in [7, 11) is 0. The second kappa shape index (κ2) is 10.6. The number of aliphatic hydroxyl groups is 3. The summed E-state index contributed by atoms with van der Waals surface area (Å²) in [6.07, 6.45) is 8.75. The minimum absolute atomic E-state index is 0.0311. The van der Waals surface area contributed by atoms with Crippen LogP contribution in [0.4, 0.5) is 0 Å². The zero-order valence-electron chi connectivity index (χ0n) is 13.1. The standard InChI is InChI=1S/C16H34O3/c1-14(15(19)16(2,3)13-18)11-9-7-5-4-6-8-10-12-17/h14-15,17-19H,4-13H2,1-3H3. The average Bonchev–Trinajstić information content (AvgIpc) is 2.40. The number of unbranched alkanes of at least 4 members (excludes halogenated alkanes) is 6. The van der Waals surface area contributed by atoms with Gasteiger partial charge in [-0.25, -0.2) is 0 Å². The Bertz CT molecular complexity index is 204. The fraction of sp³-hybridized carbons (Fsp3) is 1.00. The van der Waals surface area contributed by atoms with Crippen LogP contribution in [-0.4, -0.2) is 34.6 Å². The second-order valence-electron chi connectivity index (χ2n) is 6.56. The van der Waals surface area contributed by atoms with E-state index >= 15 is 0 Å². The van der Waals surface area contributed by atoms with Gasteiger partial charge in [-0.1, -0.05) is 59.3 Å². The van der Waals surface area contributed by atoms with Crippen LogP contribution in [0.3, 0.4) is 0 Å². The third-order valence-electron chi connectivity index (χ3n) is 4.06. The van der Waals surface area contributed by atoms with Crippen molar-refractivity contribution >= 4 is 0 Å². The molecule has 0 fully saturated rings. The Morgan fingerprint density at radius 1 is 0.842 bits per heavy atom. The largest absolute Gasteiger partial charge is 0.396 e. The number of hydrogen-bond acceptors (Lipinski definition) is 3. The molecule has 0 aromatic heterocycles. The molecule has 0 aliphatic heterocycles. The predicted molar refractivity (Wildman–Crippen MR) is 80.1 cm³/mol. The summed E-state index contributed by atoms with van der Waals surface area (Å²) >= 11 is 0. The highest BCUT2D eigenvalue weighted by Crippen LogP contribution is 2.28. The molecule has 0 saturated carbocycles. The number of hydrogen-bond donors (Lipinski definition) is 3. The Morgan fingerprint density at radius 2 is 1.32 bits per heavy atom. The Kier molecular flexibility index (Phi) is 10.6. The summed E-state index contributed by atoms with van der Waals surface area (Å²) in [6, 6.07) is 0. The third-order valence-corrected chi connectivity index (χ3v) is 4.06. The maximum atomic E-state index is 10.2. The van der Waals surface area contributed by atoms with Crippen LogP contribution in [0, 0.1) is 11.3 Å². The highest BCUT2D eigenvalue weighted by Gasteiger charge is 2.30. The Balaban J connectivity index is 3.55. The summed E-state index contributed by atoms with van der Waals surface area (Å²) in [5.41, 5.74) is -0.399. The van der Waals surface area contributed by atoms with Crippen molar-refractivity contribution in [2.24, 2.45) is 11.3 Å². The fourth-order valence-electron chi connectivity index (χ4n) is 2.48. The summed E-state index contributed by atoms with van der Waals surface area (Å²) in [5.74, 6) is 0.247. The van der Waals surface area contributed by atoms with Crippen LogP contribution in [0.15, 0.2) is 0 Å². The van der Waals surface area contributed by atoms with Crippen molar-refractivity contribution in [3.63, 3.8) is 0 Å². The van der Waals surface area contributed by atoms with Crippen molar-refractivity contribution in [1.82, 2.24) is 0 Å². The topological polar surface area (TPSA) is 60.7 Å². The molecule has 3 N–H and O–H groups in total. The van der Waals surface area contributed by atoms with Gasteiger partial charge in [0, 0.05) is 12.0 Å². The molecule has 3 heteroatoms. The first-order valence-corrected chi connectivity index (χ1v) is 7.85. The van der Waals surface area contributed by atoms with Gasteiger partial charge in [0.1, 0.15) is 0 Å². The molecular weight excluding hydrogens is 240 g/mol. The minimum Gasteiger partial charge on any atom is -0.396 e. The molecule has 19 heavy (non-hydrogen) atoms. The molecule has 0 aliphatic rings. The van der Waals surface area contributed by atoms with E-state index < -0.39 is 11.5 Å². The number of aliphatic hydroxyl groups excluding tert-OH is 3. The van der Waals surface area contributed by atoms with Crippen molar-refractivity contribution in [2.45, 2.75) is 78.2 Å². The highest BCUT2D eigenvalue weighted by atomic mass is 16.3. The first-order valence-electron chi connectivity index (χ1n) is 7.85. The molecule has 3 nitrogen and oxygen atoms in total. The molecule has 0 aromatic carbocycles. The molecule has 116 valence electrons. The van der Waals surface area contributed by atoms with E-state index in [4.69, 9.17) is 5.11 Å². The number of rotatable bonds is 12. The van der Waals surface area contributed by atoms with Gasteiger partial charge < -0.3 is 15.3 Å². The molecule has 0 saturated heterocycles. The van der Waals surface area contributed by atoms with Gasteiger partial charge >= 0.3 is 0 Å². The van der Waals surface area contributed by atoms with Crippen LogP contribution in [0.1, 0.15) is 72.1 Å². The van der Waals surface area contributed by atoms with Gasteiger partial charge in [-0.3, -0.25) is 0 Å². The summed E-state index contributed by atoms with van der Waals surface area (Å²) in [6.45, 7) is 6.24. The van der Waals surface area contributed by atoms with E-state index in [0.717, 1.165) is 25.7 Å². The van der Waals surface area contributed by atoms with Gasteiger partial charge in [-0.2, -0.15) is 0 Å². The lowest BCUT2D eigenvalue weighted by Gasteiger charge is -2.32. The van der Waals surface area contributed by atoms with Crippen LogP contribution < -0.4 is 0 Å². The van der Waals surface area contributed by atoms with Crippen molar-refractivity contribution in [1.29, 1.82) is 0 Å². The summed E-state index contributed by atoms with van der Waals surface area (Å²) in [5, 5.41) is 28.1. The molecule has 0 spiro atoms. The lowest BCUT2D eigenvalue weighted by molar-refractivity contribution is -0.0276. The second-order valence-corrected chi connectivity index (χ2v) is 6.56. The molecule has 0 amide bonds. The summed E-state index contributed by atoms with van der Waals surface area (Å²) in [4.78, 5) is 0. The SMILES string of the molecule is CC(CCCCCCCCCO)C(O)C(C)(C)CO. The Morgan fingerprint density at radius 3 is 1.79 bits per heavy atom.